The Bertz CT molecular complexity index is 1130. The molecule has 0 saturated heterocycles. The Labute approximate surface area is 166 Å². The number of carbonyl (C=O) groups is 1. The Kier molecular flexibility index (Phi) is 5.73. The summed E-state index contributed by atoms with van der Waals surface area (Å²) in [5.74, 6) is -0.173. The molecule has 3 aromatic rings. The van der Waals surface area contributed by atoms with Gasteiger partial charge in [-0.15, -0.1) is 0 Å². The Hall–Kier alpha value is -2.81. The molecule has 0 radical (unpaired) electrons. The summed E-state index contributed by atoms with van der Waals surface area (Å²) in [4.78, 5) is 44.8. The minimum absolute atomic E-state index is 0.173. The third kappa shape index (κ3) is 3.75. The molecule has 0 spiro atoms. The molecule has 0 saturated carbocycles. The van der Waals surface area contributed by atoms with Crippen LogP contribution in [0.4, 0.5) is 5.69 Å². The highest BCUT2D eigenvalue weighted by molar-refractivity contribution is 8.00. The Morgan fingerprint density at radius 3 is 2.43 bits per heavy atom. The van der Waals surface area contributed by atoms with Gasteiger partial charge in [-0.05, 0) is 39.8 Å². The van der Waals surface area contributed by atoms with Crippen molar-refractivity contribution in [3.05, 3.63) is 50.7 Å². The van der Waals surface area contributed by atoms with E-state index in [1.165, 1.54) is 20.9 Å². The molecule has 148 valence electrons. The van der Waals surface area contributed by atoms with Crippen LogP contribution in [-0.4, -0.2) is 30.3 Å². The molecule has 1 amide bonds. The molecule has 1 unspecified atom stereocenters. The zero-order valence-corrected chi connectivity index (χ0v) is 17.1. The van der Waals surface area contributed by atoms with Gasteiger partial charge in [0.25, 0.3) is 5.56 Å². The standard InChI is InChI=1S/C19H23N5O3S/c1-5-23-15-14(17(26)24(6-2)19(23)27)21-18(22-15)28-12(4)16(25)20-13-9-7-11(3)8-10-13/h7-10,12H,5-6H2,1-4H3,(H,20,25)(H,21,22). The molecule has 2 heterocycles. The van der Waals surface area contributed by atoms with Crippen molar-refractivity contribution in [2.24, 2.45) is 0 Å². The number of fused-ring (bicyclic) bond motifs is 1. The lowest BCUT2D eigenvalue weighted by molar-refractivity contribution is -0.115. The van der Waals surface area contributed by atoms with Crippen LogP contribution in [0.5, 0.6) is 0 Å². The summed E-state index contributed by atoms with van der Waals surface area (Å²) in [7, 11) is 0. The van der Waals surface area contributed by atoms with Crippen LogP contribution in [0.25, 0.3) is 11.2 Å². The molecule has 0 aliphatic heterocycles. The maximum atomic E-state index is 12.5. The van der Waals surface area contributed by atoms with Gasteiger partial charge in [-0.2, -0.15) is 0 Å². The van der Waals surface area contributed by atoms with Crippen LogP contribution in [0.15, 0.2) is 39.0 Å². The number of benzene rings is 1. The minimum Gasteiger partial charge on any atom is -0.327 e. The monoisotopic (exact) mass is 401 g/mol. The molecule has 0 fully saturated rings. The SMILES string of the molecule is CCn1c(=O)c2[nH]c(SC(C)C(=O)Nc3ccc(C)cc3)nc2n(CC)c1=O. The van der Waals surface area contributed by atoms with Crippen molar-refractivity contribution < 1.29 is 4.79 Å². The molecule has 2 N–H and O–H groups in total. The Morgan fingerprint density at radius 1 is 1.18 bits per heavy atom. The molecule has 2 aromatic heterocycles. The van der Waals surface area contributed by atoms with Crippen molar-refractivity contribution in [1.29, 1.82) is 0 Å². The van der Waals surface area contributed by atoms with E-state index >= 15 is 0 Å². The largest absolute Gasteiger partial charge is 0.332 e. The lowest BCUT2D eigenvalue weighted by atomic mass is 10.2. The molecular formula is C19H23N5O3S. The maximum absolute atomic E-state index is 12.5. The number of aromatic nitrogens is 4. The third-order valence-electron chi connectivity index (χ3n) is 4.45. The van der Waals surface area contributed by atoms with Gasteiger partial charge in [0.05, 0.1) is 5.25 Å². The number of aromatic amines is 1. The minimum atomic E-state index is -0.447. The fourth-order valence-corrected chi connectivity index (χ4v) is 3.67. The number of hydrogen-bond acceptors (Lipinski definition) is 5. The van der Waals surface area contributed by atoms with Crippen LogP contribution in [0.3, 0.4) is 0 Å². The van der Waals surface area contributed by atoms with Gasteiger partial charge in [0, 0.05) is 18.8 Å². The molecule has 8 nitrogen and oxygen atoms in total. The summed E-state index contributed by atoms with van der Waals surface area (Å²) in [5, 5.41) is 2.84. The lowest BCUT2D eigenvalue weighted by Gasteiger charge is -2.10. The first-order chi connectivity index (χ1) is 13.3. The summed E-state index contributed by atoms with van der Waals surface area (Å²) in [6.07, 6.45) is 0. The second kappa shape index (κ2) is 8.05. The van der Waals surface area contributed by atoms with Crippen LogP contribution < -0.4 is 16.6 Å². The predicted molar refractivity (Wildman–Crippen MR) is 111 cm³/mol. The summed E-state index contributed by atoms with van der Waals surface area (Å²) >= 11 is 1.20. The highest BCUT2D eigenvalue weighted by Gasteiger charge is 2.20. The first-order valence-electron chi connectivity index (χ1n) is 9.13. The number of thioether (sulfide) groups is 1. The second-order valence-corrected chi connectivity index (χ2v) is 7.76. The van der Waals surface area contributed by atoms with Crippen LogP contribution in [-0.2, 0) is 17.9 Å². The fourth-order valence-electron chi connectivity index (χ4n) is 2.87. The van der Waals surface area contributed by atoms with E-state index in [0.717, 1.165) is 11.3 Å². The summed E-state index contributed by atoms with van der Waals surface area (Å²) < 4.78 is 2.63. The number of hydrogen-bond donors (Lipinski definition) is 2. The Morgan fingerprint density at radius 2 is 1.82 bits per heavy atom. The van der Waals surface area contributed by atoms with E-state index in [1.54, 1.807) is 13.8 Å². The molecule has 0 aliphatic carbocycles. The Balaban J connectivity index is 1.86. The van der Waals surface area contributed by atoms with Crippen molar-refractivity contribution in [3.63, 3.8) is 0 Å². The average molecular weight is 401 g/mol. The number of anilines is 1. The highest BCUT2D eigenvalue weighted by atomic mass is 32.2. The van der Waals surface area contributed by atoms with Crippen LogP contribution in [0.2, 0.25) is 0 Å². The molecular weight excluding hydrogens is 378 g/mol. The maximum Gasteiger partial charge on any atom is 0.332 e. The molecule has 0 aliphatic rings. The first kappa shape index (κ1) is 19.9. The quantitative estimate of drug-likeness (QED) is 0.618. The zero-order chi connectivity index (χ0) is 20.4. The van der Waals surface area contributed by atoms with Crippen LogP contribution in [0, 0.1) is 6.92 Å². The summed E-state index contributed by atoms with van der Waals surface area (Å²) in [6.45, 7) is 7.99. The molecule has 1 aromatic carbocycles. The van der Waals surface area contributed by atoms with Crippen molar-refractivity contribution >= 4 is 34.5 Å². The van der Waals surface area contributed by atoms with Gasteiger partial charge in [-0.3, -0.25) is 18.7 Å². The number of H-pyrrole nitrogens is 1. The van der Waals surface area contributed by atoms with Crippen molar-refractivity contribution in [1.82, 2.24) is 19.1 Å². The van der Waals surface area contributed by atoms with E-state index in [9.17, 15) is 14.4 Å². The second-order valence-electron chi connectivity index (χ2n) is 6.43. The van der Waals surface area contributed by atoms with Crippen molar-refractivity contribution in [3.8, 4) is 0 Å². The van der Waals surface area contributed by atoms with E-state index in [4.69, 9.17) is 0 Å². The lowest BCUT2D eigenvalue weighted by Crippen LogP contribution is -2.39. The highest BCUT2D eigenvalue weighted by Crippen LogP contribution is 2.23. The predicted octanol–water partition coefficient (Wildman–Crippen LogP) is 2.35. The number of imidazole rings is 1. The molecule has 1 atom stereocenters. The van der Waals surface area contributed by atoms with Gasteiger partial charge >= 0.3 is 5.69 Å². The van der Waals surface area contributed by atoms with E-state index in [2.05, 4.69) is 15.3 Å². The first-order valence-corrected chi connectivity index (χ1v) is 10.0. The molecule has 0 bridgehead atoms. The number of aryl methyl sites for hydroxylation is 2. The van der Waals surface area contributed by atoms with Crippen LogP contribution >= 0.6 is 11.8 Å². The van der Waals surface area contributed by atoms with E-state index < -0.39 is 10.8 Å². The smallest absolute Gasteiger partial charge is 0.327 e. The number of nitrogens with zero attached hydrogens (tertiary/aromatic N) is 3. The fraction of sp³-hybridized carbons (Fsp3) is 0.368. The van der Waals surface area contributed by atoms with Gasteiger partial charge in [-0.25, -0.2) is 9.78 Å². The van der Waals surface area contributed by atoms with Gasteiger partial charge < -0.3 is 10.3 Å². The van der Waals surface area contributed by atoms with Crippen LogP contribution in [0.1, 0.15) is 26.3 Å². The van der Waals surface area contributed by atoms with E-state index in [0.29, 0.717) is 17.3 Å². The van der Waals surface area contributed by atoms with E-state index in [-0.39, 0.29) is 23.7 Å². The zero-order valence-electron chi connectivity index (χ0n) is 16.3. The molecule has 9 heteroatoms. The number of nitrogens with one attached hydrogen (secondary N) is 2. The third-order valence-corrected chi connectivity index (χ3v) is 5.43. The topological polar surface area (TPSA) is 102 Å². The number of carbonyl (C=O) groups excluding carboxylic acids is 1. The normalized spacial score (nSPS) is 12.3. The summed E-state index contributed by atoms with van der Waals surface area (Å²) in [5.41, 5.74) is 1.65. The van der Waals surface area contributed by atoms with Crippen molar-refractivity contribution in [2.75, 3.05) is 5.32 Å². The number of rotatable bonds is 6. The number of amides is 1. The average Bonchev–Trinajstić information content (AvgIpc) is 3.08. The van der Waals surface area contributed by atoms with E-state index in [1.807, 2.05) is 38.1 Å². The van der Waals surface area contributed by atoms with Crippen molar-refractivity contribution in [2.45, 2.75) is 51.2 Å². The van der Waals surface area contributed by atoms with Gasteiger partial charge in [0.1, 0.15) is 0 Å². The molecule has 28 heavy (non-hydrogen) atoms. The van der Waals surface area contributed by atoms with Gasteiger partial charge in [-0.1, -0.05) is 29.5 Å². The molecule has 3 rings (SSSR count). The van der Waals surface area contributed by atoms with Gasteiger partial charge in [0.15, 0.2) is 16.3 Å². The summed E-state index contributed by atoms with van der Waals surface area (Å²) in [6, 6.07) is 7.54. The van der Waals surface area contributed by atoms with Gasteiger partial charge in [0.2, 0.25) is 5.91 Å².